The Morgan fingerprint density at radius 3 is 2.79 bits per heavy atom. The minimum atomic E-state index is -0.304. The lowest BCUT2D eigenvalue weighted by Gasteiger charge is -2.46. The third-order valence-electron chi connectivity index (χ3n) is 5.50. The molecule has 1 unspecified atom stereocenters. The highest BCUT2D eigenvalue weighted by Gasteiger charge is 2.43. The normalized spacial score (nSPS) is 24.3. The van der Waals surface area contributed by atoms with Gasteiger partial charge in [0.15, 0.2) is 0 Å². The molecule has 2 N–H and O–H groups in total. The first-order valence-electron chi connectivity index (χ1n) is 8.89. The number of nitrogens with zero attached hydrogens (tertiary/aromatic N) is 2. The molecule has 1 atom stereocenters. The highest BCUT2D eigenvalue weighted by Crippen LogP contribution is 2.36. The lowest BCUT2D eigenvalue weighted by Crippen LogP contribution is -2.55. The van der Waals surface area contributed by atoms with Crippen molar-refractivity contribution in [3.8, 4) is 11.3 Å². The van der Waals surface area contributed by atoms with E-state index in [-0.39, 0.29) is 11.7 Å². The fourth-order valence-corrected chi connectivity index (χ4v) is 4.01. The van der Waals surface area contributed by atoms with Crippen LogP contribution in [0, 0.1) is 0 Å². The molecule has 2 aromatic rings. The third kappa shape index (κ3) is 2.99. The fraction of sp³-hybridized carbons (Fsp3) is 0.526. The van der Waals surface area contributed by atoms with Gasteiger partial charge in [-0.3, -0.25) is 10.00 Å². The van der Waals surface area contributed by atoms with Crippen LogP contribution in [0.25, 0.3) is 11.3 Å². The second-order valence-electron chi connectivity index (χ2n) is 6.98. The standard InChI is InChI=1S/C19H25N3O2/c23-17-7-4-12-24-19(17)8-10-22(11-9-19)14-16-13-20-21-18(16)15-5-2-1-3-6-15/h1-3,5-6,13,17,23H,4,7-12,14H2,(H,20,21). The SMILES string of the molecule is OC1CCCOC12CCN(Cc1cn[nH]c1-c1ccccc1)CC2. The summed E-state index contributed by atoms with van der Waals surface area (Å²) in [7, 11) is 0. The number of benzene rings is 1. The van der Waals surface area contributed by atoms with Gasteiger partial charge >= 0.3 is 0 Å². The number of likely N-dealkylation sites (tertiary alicyclic amines) is 1. The summed E-state index contributed by atoms with van der Waals surface area (Å²) in [5.74, 6) is 0. The first-order chi connectivity index (χ1) is 11.8. The number of ether oxygens (including phenoxy) is 1. The number of nitrogens with one attached hydrogen (secondary N) is 1. The van der Waals surface area contributed by atoms with Gasteiger partial charge in [0.05, 0.1) is 23.6 Å². The van der Waals surface area contributed by atoms with E-state index in [4.69, 9.17) is 4.74 Å². The van der Waals surface area contributed by atoms with Gasteiger partial charge in [-0.05, 0) is 31.2 Å². The molecule has 0 radical (unpaired) electrons. The molecule has 3 heterocycles. The monoisotopic (exact) mass is 327 g/mol. The van der Waals surface area contributed by atoms with Crippen LogP contribution in [0.15, 0.2) is 36.5 Å². The number of H-pyrrole nitrogens is 1. The van der Waals surface area contributed by atoms with E-state index in [0.29, 0.717) is 0 Å². The van der Waals surface area contributed by atoms with E-state index in [1.807, 2.05) is 24.4 Å². The molecule has 2 aliphatic heterocycles. The van der Waals surface area contributed by atoms with Crippen molar-refractivity contribution in [2.24, 2.45) is 0 Å². The number of aromatic amines is 1. The molecule has 5 nitrogen and oxygen atoms in total. The van der Waals surface area contributed by atoms with Crippen molar-refractivity contribution in [2.45, 2.75) is 43.9 Å². The van der Waals surface area contributed by atoms with Crippen LogP contribution < -0.4 is 0 Å². The molecule has 1 aromatic carbocycles. The van der Waals surface area contributed by atoms with Crippen LogP contribution in [-0.2, 0) is 11.3 Å². The summed E-state index contributed by atoms with van der Waals surface area (Å²) >= 11 is 0. The number of piperidine rings is 1. The van der Waals surface area contributed by atoms with E-state index in [0.717, 1.165) is 57.6 Å². The van der Waals surface area contributed by atoms with Crippen LogP contribution >= 0.6 is 0 Å². The van der Waals surface area contributed by atoms with Gasteiger partial charge in [-0.25, -0.2) is 0 Å². The van der Waals surface area contributed by atoms with Gasteiger partial charge in [0, 0.05) is 31.8 Å². The largest absolute Gasteiger partial charge is 0.390 e. The van der Waals surface area contributed by atoms with Crippen LogP contribution in [0.5, 0.6) is 0 Å². The van der Waals surface area contributed by atoms with Crippen molar-refractivity contribution in [3.63, 3.8) is 0 Å². The van der Waals surface area contributed by atoms with E-state index in [9.17, 15) is 5.11 Å². The van der Waals surface area contributed by atoms with E-state index in [2.05, 4.69) is 27.2 Å². The van der Waals surface area contributed by atoms with Gasteiger partial charge in [-0.15, -0.1) is 0 Å². The van der Waals surface area contributed by atoms with Crippen LogP contribution in [-0.4, -0.2) is 51.6 Å². The molecule has 4 rings (SSSR count). The minimum Gasteiger partial charge on any atom is -0.390 e. The van der Waals surface area contributed by atoms with E-state index < -0.39 is 0 Å². The highest BCUT2D eigenvalue weighted by atomic mass is 16.5. The number of rotatable bonds is 3. The molecule has 128 valence electrons. The number of aromatic nitrogens is 2. The second kappa shape index (κ2) is 6.67. The molecule has 24 heavy (non-hydrogen) atoms. The maximum absolute atomic E-state index is 10.4. The zero-order valence-corrected chi connectivity index (χ0v) is 13.9. The molecule has 2 aliphatic rings. The Kier molecular flexibility index (Phi) is 4.39. The van der Waals surface area contributed by atoms with Crippen molar-refractivity contribution >= 4 is 0 Å². The average molecular weight is 327 g/mol. The molecule has 5 heteroatoms. The molecule has 0 saturated carbocycles. The Bertz CT molecular complexity index is 662. The highest BCUT2D eigenvalue weighted by molar-refractivity contribution is 5.62. The van der Waals surface area contributed by atoms with Gasteiger partial charge in [0.25, 0.3) is 0 Å². The summed E-state index contributed by atoms with van der Waals surface area (Å²) in [6, 6.07) is 10.3. The zero-order chi connectivity index (χ0) is 16.4. The first-order valence-corrected chi connectivity index (χ1v) is 8.89. The Morgan fingerprint density at radius 2 is 2.04 bits per heavy atom. The summed E-state index contributed by atoms with van der Waals surface area (Å²) < 4.78 is 6.00. The number of aliphatic hydroxyl groups is 1. The third-order valence-corrected chi connectivity index (χ3v) is 5.50. The molecule has 2 saturated heterocycles. The molecule has 0 amide bonds. The zero-order valence-electron chi connectivity index (χ0n) is 13.9. The summed E-state index contributed by atoms with van der Waals surface area (Å²) in [4.78, 5) is 2.44. The Morgan fingerprint density at radius 1 is 1.25 bits per heavy atom. The quantitative estimate of drug-likeness (QED) is 0.910. The van der Waals surface area contributed by atoms with Gasteiger partial charge in [0.2, 0.25) is 0 Å². The van der Waals surface area contributed by atoms with Crippen molar-refractivity contribution in [2.75, 3.05) is 19.7 Å². The average Bonchev–Trinajstić information content (AvgIpc) is 3.09. The predicted octanol–water partition coefficient (Wildman–Crippen LogP) is 2.58. The van der Waals surface area contributed by atoms with Crippen molar-refractivity contribution in [3.05, 3.63) is 42.1 Å². The Labute approximate surface area is 142 Å². The molecule has 1 spiro atoms. The molecular weight excluding hydrogens is 302 g/mol. The molecule has 0 aliphatic carbocycles. The number of hydrogen-bond acceptors (Lipinski definition) is 4. The van der Waals surface area contributed by atoms with E-state index in [1.54, 1.807) is 0 Å². The van der Waals surface area contributed by atoms with Gasteiger partial charge in [0.1, 0.15) is 0 Å². The number of hydrogen-bond donors (Lipinski definition) is 2. The topological polar surface area (TPSA) is 61.4 Å². The van der Waals surface area contributed by atoms with E-state index >= 15 is 0 Å². The maximum atomic E-state index is 10.4. The molecule has 1 aromatic heterocycles. The van der Waals surface area contributed by atoms with Crippen LogP contribution in [0.1, 0.15) is 31.2 Å². The lowest BCUT2D eigenvalue weighted by molar-refractivity contribution is -0.177. The predicted molar refractivity (Wildman–Crippen MR) is 92.5 cm³/mol. The summed E-state index contributed by atoms with van der Waals surface area (Å²) in [6.07, 6.45) is 5.29. The molecule has 0 bridgehead atoms. The Balaban J connectivity index is 1.42. The fourth-order valence-electron chi connectivity index (χ4n) is 4.01. The van der Waals surface area contributed by atoms with E-state index in [1.165, 1.54) is 11.1 Å². The smallest absolute Gasteiger partial charge is 0.0964 e. The lowest BCUT2D eigenvalue weighted by atomic mass is 9.82. The summed E-state index contributed by atoms with van der Waals surface area (Å²) in [6.45, 7) is 3.58. The second-order valence-corrected chi connectivity index (χ2v) is 6.98. The minimum absolute atomic E-state index is 0.298. The van der Waals surface area contributed by atoms with Crippen LogP contribution in [0.3, 0.4) is 0 Å². The molecular formula is C19H25N3O2. The first kappa shape index (κ1) is 15.8. The number of aliphatic hydroxyl groups excluding tert-OH is 1. The Hall–Kier alpha value is -1.69. The van der Waals surface area contributed by atoms with Crippen molar-refractivity contribution < 1.29 is 9.84 Å². The van der Waals surface area contributed by atoms with Gasteiger partial charge in [-0.1, -0.05) is 30.3 Å². The van der Waals surface area contributed by atoms with Gasteiger partial charge in [-0.2, -0.15) is 5.10 Å². The summed E-state index contributed by atoms with van der Waals surface area (Å²) in [5, 5.41) is 17.7. The van der Waals surface area contributed by atoms with Crippen LogP contribution in [0.4, 0.5) is 0 Å². The van der Waals surface area contributed by atoms with Crippen molar-refractivity contribution in [1.29, 1.82) is 0 Å². The van der Waals surface area contributed by atoms with Crippen molar-refractivity contribution in [1.82, 2.24) is 15.1 Å². The van der Waals surface area contributed by atoms with Crippen LogP contribution in [0.2, 0.25) is 0 Å². The molecule has 2 fully saturated rings. The summed E-state index contributed by atoms with van der Waals surface area (Å²) in [5.41, 5.74) is 3.20. The van der Waals surface area contributed by atoms with Gasteiger partial charge < -0.3 is 9.84 Å². The maximum Gasteiger partial charge on any atom is 0.0964 e.